The number of aliphatic imine (C=N–C) groups is 2. The Morgan fingerprint density at radius 2 is 0.987 bits per heavy atom. The number of carbonyl (C=O) groups is 10. The van der Waals surface area contributed by atoms with Crippen molar-refractivity contribution >= 4 is 82.0 Å². The molecular formula is C50H83N17O12. The fourth-order valence-corrected chi connectivity index (χ4v) is 8.17. The lowest BCUT2D eigenvalue weighted by Gasteiger charge is -2.28. The number of primary amides is 1. The Balaban J connectivity index is 2.54. The monoisotopic (exact) mass is 1110 g/mol. The summed E-state index contributed by atoms with van der Waals surface area (Å²) >= 11 is 0. The van der Waals surface area contributed by atoms with E-state index in [9.17, 15) is 58.2 Å². The Morgan fingerprint density at radius 1 is 0.544 bits per heavy atom. The van der Waals surface area contributed by atoms with E-state index >= 15 is 0 Å². The molecule has 1 aromatic heterocycles. The van der Waals surface area contributed by atoms with Crippen LogP contribution in [0, 0.1) is 11.8 Å². The lowest BCUT2D eigenvalue weighted by Crippen LogP contribution is -2.60. The number of amides is 8. The lowest BCUT2D eigenvalue weighted by molar-refractivity contribution is -0.142. The summed E-state index contributed by atoms with van der Waals surface area (Å²) in [6, 6.07) is -4.43. The van der Waals surface area contributed by atoms with E-state index in [4.69, 9.17) is 40.1 Å². The van der Waals surface area contributed by atoms with Crippen molar-refractivity contribution in [2.24, 2.45) is 62.0 Å². The molecule has 29 nitrogen and oxygen atoms in total. The zero-order chi connectivity index (χ0) is 59.4. The average molecular weight is 1110 g/mol. The molecule has 24 N–H and O–H groups in total. The third-order valence-corrected chi connectivity index (χ3v) is 12.2. The number of hydrogen-bond donors (Lipinski definition) is 17. The quantitative estimate of drug-likeness (QED) is 0.0177. The first-order valence-electron chi connectivity index (χ1n) is 26.2. The number of H-pyrrole nitrogens is 1. The van der Waals surface area contributed by atoms with Gasteiger partial charge >= 0.3 is 11.9 Å². The first-order chi connectivity index (χ1) is 37.2. The SMILES string of the molecule is CC(C)C[C@H](NC(=O)[C@H](CCCN=C(N)N)NC(=O)[C@H](CC(C)C)NC(=O)[C@H](CCC(=O)O)NC(=O)[C@H](Cc1c[nH]c2ccccc12)NC(=O)[C@H](CC(N)=O)NC(=O)[C@@H](N)CCCN=C(N)N)C(=O)N[C@@H](CCCCN)C(=O)O. The minimum Gasteiger partial charge on any atom is -0.481 e. The average Bonchev–Trinajstić information content (AvgIpc) is 3.81. The zero-order valence-corrected chi connectivity index (χ0v) is 45.4. The first kappa shape index (κ1) is 67.0. The van der Waals surface area contributed by atoms with E-state index in [2.05, 4.69) is 52.2 Å². The van der Waals surface area contributed by atoms with Crippen LogP contribution in [-0.4, -0.2) is 154 Å². The van der Waals surface area contributed by atoms with Crippen LogP contribution in [0.5, 0.6) is 0 Å². The Morgan fingerprint density at radius 3 is 1.49 bits per heavy atom. The number of benzene rings is 1. The van der Waals surface area contributed by atoms with Crippen LogP contribution in [0.3, 0.4) is 0 Å². The van der Waals surface area contributed by atoms with Crippen molar-refractivity contribution in [2.75, 3.05) is 19.6 Å². The highest BCUT2D eigenvalue weighted by atomic mass is 16.4. The highest BCUT2D eigenvalue weighted by Gasteiger charge is 2.36. The molecule has 79 heavy (non-hydrogen) atoms. The second-order valence-corrected chi connectivity index (χ2v) is 20.0. The van der Waals surface area contributed by atoms with Crippen molar-refractivity contribution in [1.82, 2.24) is 42.2 Å². The molecule has 0 saturated heterocycles. The van der Waals surface area contributed by atoms with Crippen molar-refractivity contribution in [1.29, 1.82) is 0 Å². The van der Waals surface area contributed by atoms with Crippen molar-refractivity contribution in [3.63, 3.8) is 0 Å². The number of carbonyl (C=O) groups excluding carboxylic acids is 8. The predicted octanol–water partition coefficient (Wildman–Crippen LogP) is -3.42. The zero-order valence-electron chi connectivity index (χ0n) is 45.4. The van der Waals surface area contributed by atoms with Gasteiger partial charge in [-0.2, -0.15) is 0 Å². The van der Waals surface area contributed by atoms with Gasteiger partial charge in [0.15, 0.2) is 11.9 Å². The van der Waals surface area contributed by atoms with Gasteiger partial charge in [-0.1, -0.05) is 45.9 Å². The van der Waals surface area contributed by atoms with Gasteiger partial charge < -0.3 is 92.6 Å². The third kappa shape index (κ3) is 25.8. The molecule has 1 heterocycles. The van der Waals surface area contributed by atoms with Crippen molar-refractivity contribution in [2.45, 2.75) is 160 Å². The molecule has 0 saturated carbocycles. The van der Waals surface area contributed by atoms with E-state index in [-0.39, 0.29) is 88.2 Å². The third-order valence-electron chi connectivity index (χ3n) is 12.2. The number of rotatable bonds is 38. The number of carboxylic acids is 2. The molecule has 440 valence electrons. The Hall–Kier alpha value is -8.08. The van der Waals surface area contributed by atoms with E-state index in [1.54, 1.807) is 58.2 Å². The number of aliphatic carboxylic acids is 2. The standard InChI is InChI=1S/C50H83N17O12/c1-26(2)21-35(44(74)61-32(15-10-20-59-50(56)57)42(72)65-36(22-27(3)4)45(75)63-34(48(78)79)14-7-8-18-51)66-43(73)33(16-17-40(69)70)62-46(76)37(23-28-25-60-31-13-6-5-11-29(28)31)67-47(77)38(24-39(53)68)64-41(71)30(52)12-9-19-58-49(54)55/h5-6,11,13,25-27,30,32-38,60H,7-10,12,14-24,51-52H2,1-4H3,(H2,53,68)(H,61,74)(H,62,76)(H,63,75)(H,64,71)(H,65,72)(H,66,73)(H,67,77)(H,69,70)(H,78,79)(H4,54,55,58)(H4,56,57,59)/t30-,32-,33-,34-,35-,36-,37-,38-/m0/s1. The second-order valence-electron chi connectivity index (χ2n) is 20.0. The number of nitrogens with two attached hydrogens (primary N) is 7. The van der Waals surface area contributed by atoms with E-state index in [1.807, 2.05) is 0 Å². The fraction of sp³-hybridized carbons (Fsp3) is 0.600. The number of fused-ring (bicyclic) bond motifs is 1. The number of nitrogens with one attached hydrogen (secondary N) is 8. The minimum atomic E-state index is -1.68. The first-order valence-corrected chi connectivity index (χ1v) is 26.2. The molecule has 0 fully saturated rings. The summed E-state index contributed by atoms with van der Waals surface area (Å²) in [6.45, 7) is 7.53. The summed E-state index contributed by atoms with van der Waals surface area (Å²) in [5.41, 5.74) is 40.0. The van der Waals surface area contributed by atoms with Crippen LogP contribution in [0.4, 0.5) is 0 Å². The number of para-hydroxylation sites is 1. The number of guanidine groups is 2. The molecule has 8 amide bonds. The Labute approximate surface area is 458 Å². The number of carboxylic acid groups (broad SMARTS) is 2. The van der Waals surface area contributed by atoms with Crippen LogP contribution in [0.15, 0.2) is 40.4 Å². The van der Waals surface area contributed by atoms with Gasteiger partial charge in [-0.05, 0) is 94.2 Å². The maximum Gasteiger partial charge on any atom is 0.326 e. The van der Waals surface area contributed by atoms with Gasteiger partial charge in [0, 0.05) is 43.0 Å². The topological polar surface area (TPSA) is 518 Å². The fourth-order valence-electron chi connectivity index (χ4n) is 8.17. The van der Waals surface area contributed by atoms with Crippen LogP contribution in [0.2, 0.25) is 0 Å². The summed E-state index contributed by atoms with van der Waals surface area (Å²) < 4.78 is 0. The van der Waals surface area contributed by atoms with Gasteiger partial charge in [0.05, 0.1) is 12.5 Å². The van der Waals surface area contributed by atoms with Crippen molar-refractivity contribution < 1.29 is 58.2 Å². The second kappa shape index (κ2) is 34.6. The molecule has 0 unspecified atom stereocenters. The Kier molecular flexibility index (Phi) is 29.4. The van der Waals surface area contributed by atoms with E-state index in [0.29, 0.717) is 35.9 Å². The highest BCUT2D eigenvalue weighted by molar-refractivity contribution is 5.99. The number of nitrogens with zero attached hydrogens (tertiary/aromatic N) is 2. The van der Waals surface area contributed by atoms with E-state index in [1.165, 1.54) is 0 Å². The molecule has 29 heteroatoms. The molecule has 0 radical (unpaired) electrons. The molecule has 0 spiro atoms. The smallest absolute Gasteiger partial charge is 0.326 e. The van der Waals surface area contributed by atoms with Gasteiger partial charge in [-0.15, -0.1) is 0 Å². The summed E-state index contributed by atoms with van der Waals surface area (Å²) in [6.07, 6.45) is 0.835. The minimum absolute atomic E-state index is 0.0250. The molecule has 0 aliphatic rings. The predicted molar refractivity (Wildman–Crippen MR) is 293 cm³/mol. The summed E-state index contributed by atoms with van der Waals surface area (Å²) in [7, 11) is 0. The molecule has 2 aromatic rings. The van der Waals surface area contributed by atoms with Gasteiger partial charge in [0.1, 0.15) is 42.3 Å². The molecule has 0 aliphatic heterocycles. The van der Waals surface area contributed by atoms with Crippen LogP contribution in [0.1, 0.15) is 110 Å². The molecule has 2 rings (SSSR count). The molecule has 0 bridgehead atoms. The maximum atomic E-state index is 14.5. The molecule has 1 aromatic carbocycles. The summed E-state index contributed by atoms with van der Waals surface area (Å²) in [5, 5.41) is 38.1. The van der Waals surface area contributed by atoms with Crippen LogP contribution in [-0.2, 0) is 54.4 Å². The van der Waals surface area contributed by atoms with Crippen molar-refractivity contribution in [3.8, 4) is 0 Å². The summed E-state index contributed by atoms with van der Waals surface area (Å²) in [5.74, 6) is -10.9. The number of hydrogen-bond acceptors (Lipinski definition) is 14. The molecular weight excluding hydrogens is 1030 g/mol. The molecule has 8 atom stereocenters. The maximum absolute atomic E-state index is 14.5. The van der Waals surface area contributed by atoms with Crippen LogP contribution in [0.25, 0.3) is 10.9 Å². The van der Waals surface area contributed by atoms with Gasteiger partial charge in [-0.25, -0.2) is 4.79 Å². The Bertz CT molecular complexity index is 2440. The molecule has 0 aliphatic carbocycles. The van der Waals surface area contributed by atoms with Gasteiger partial charge in [0.25, 0.3) is 0 Å². The van der Waals surface area contributed by atoms with E-state index in [0.717, 1.165) is 0 Å². The van der Waals surface area contributed by atoms with Gasteiger partial charge in [-0.3, -0.25) is 53.1 Å². The van der Waals surface area contributed by atoms with Crippen LogP contribution < -0.4 is 77.4 Å². The van der Waals surface area contributed by atoms with Crippen molar-refractivity contribution in [3.05, 3.63) is 36.0 Å². The van der Waals surface area contributed by atoms with E-state index < -0.39 is 127 Å². The lowest BCUT2D eigenvalue weighted by atomic mass is 9.99. The van der Waals surface area contributed by atoms with Gasteiger partial charge in [0.2, 0.25) is 47.3 Å². The largest absolute Gasteiger partial charge is 0.481 e. The summed E-state index contributed by atoms with van der Waals surface area (Å²) in [4.78, 5) is 145. The number of unbranched alkanes of at least 4 members (excludes halogenated alkanes) is 1. The number of aromatic nitrogens is 1. The van der Waals surface area contributed by atoms with Crippen LogP contribution >= 0.6 is 0 Å². The highest BCUT2D eigenvalue weighted by Crippen LogP contribution is 2.20. The number of aromatic amines is 1. The normalized spacial score (nSPS) is 14.2.